The van der Waals surface area contributed by atoms with Gasteiger partial charge in [0.15, 0.2) is 0 Å². The van der Waals surface area contributed by atoms with Crippen molar-refractivity contribution in [3.63, 3.8) is 0 Å². The summed E-state index contributed by atoms with van der Waals surface area (Å²) in [5, 5.41) is 2.11. The SMILES string of the molecule is CC(C)[C@H](N)c1csc(Br)c1. The minimum Gasteiger partial charge on any atom is -0.324 e. The molecule has 62 valence electrons. The number of thiophene rings is 1. The van der Waals surface area contributed by atoms with Crippen LogP contribution in [0, 0.1) is 5.92 Å². The Hall–Kier alpha value is 0.140. The Morgan fingerprint density at radius 2 is 2.18 bits per heavy atom. The van der Waals surface area contributed by atoms with Crippen LogP contribution in [0.4, 0.5) is 0 Å². The summed E-state index contributed by atoms with van der Waals surface area (Å²) in [5.74, 6) is 0.511. The summed E-state index contributed by atoms with van der Waals surface area (Å²) in [6.45, 7) is 4.27. The fourth-order valence-electron chi connectivity index (χ4n) is 0.883. The lowest BCUT2D eigenvalue weighted by Gasteiger charge is -2.13. The van der Waals surface area contributed by atoms with Gasteiger partial charge in [-0.25, -0.2) is 0 Å². The highest BCUT2D eigenvalue weighted by Gasteiger charge is 2.11. The fourth-order valence-corrected chi connectivity index (χ4v) is 2.11. The normalized spacial score (nSPS) is 13.9. The Morgan fingerprint density at radius 1 is 1.55 bits per heavy atom. The van der Waals surface area contributed by atoms with Crippen molar-refractivity contribution in [2.24, 2.45) is 11.7 Å². The predicted molar refractivity (Wildman–Crippen MR) is 53.8 cm³/mol. The number of nitrogens with two attached hydrogens (primary N) is 1. The molecule has 1 aromatic rings. The van der Waals surface area contributed by atoms with Gasteiger partial charge in [0.2, 0.25) is 0 Å². The van der Waals surface area contributed by atoms with Gasteiger partial charge in [0, 0.05) is 6.04 Å². The second-order valence-electron chi connectivity index (χ2n) is 2.95. The first-order valence-corrected chi connectivity index (χ1v) is 5.28. The molecule has 11 heavy (non-hydrogen) atoms. The summed E-state index contributed by atoms with van der Waals surface area (Å²) in [6, 6.07) is 2.27. The molecular formula is C8H12BrNS. The Morgan fingerprint density at radius 3 is 2.55 bits per heavy atom. The van der Waals surface area contributed by atoms with Crippen LogP contribution in [0.25, 0.3) is 0 Å². The van der Waals surface area contributed by atoms with E-state index in [2.05, 4.69) is 41.2 Å². The van der Waals surface area contributed by atoms with Crippen molar-refractivity contribution in [3.8, 4) is 0 Å². The molecule has 0 aliphatic heterocycles. The van der Waals surface area contributed by atoms with Crippen LogP contribution < -0.4 is 5.73 Å². The first-order valence-electron chi connectivity index (χ1n) is 3.60. The van der Waals surface area contributed by atoms with E-state index in [1.54, 1.807) is 11.3 Å². The fraction of sp³-hybridized carbons (Fsp3) is 0.500. The molecule has 0 aromatic carbocycles. The molecule has 3 heteroatoms. The van der Waals surface area contributed by atoms with Crippen LogP contribution in [0.15, 0.2) is 15.2 Å². The molecule has 0 aliphatic carbocycles. The molecule has 1 aromatic heterocycles. The molecule has 0 fully saturated rings. The van der Waals surface area contributed by atoms with Gasteiger partial charge in [-0.1, -0.05) is 13.8 Å². The van der Waals surface area contributed by atoms with Crippen LogP contribution >= 0.6 is 27.3 Å². The third-order valence-electron chi connectivity index (χ3n) is 1.69. The number of hydrogen-bond acceptors (Lipinski definition) is 2. The largest absolute Gasteiger partial charge is 0.324 e. The second kappa shape index (κ2) is 3.70. The highest BCUT2D eigenvalue weighted by molar-refractivity contribution is 9.11. The highest BCUT2D eigenvalue weighted by Crippen LogP contribution is 2.27. The van der Waals surface area contributed by atoms with Gasteiger partial charge in [-0.2, -0.15) is 0 Å². The molecule has 0 bridgehead atoms. The van der Waals surface area contributed by atoms with Crippen molar-refractivity contribution in [2.45, 2.75) is 19.9 Å². The number of rotatable bonds is 2. The van der Waals surface area contributed by atoms with Gasteiger partial charge in [-0.15, -0.1) is 11.3 Å². The molecule has 0 amide bonds. The van der Waals surface area contributed by atoms with Crippen LogP contribution in [0.3, 0.4) is 0 Å². The van der Waals surface area contributed by atoms with E-state index in [1.165, 1.54) is 5.56 Å². The molecule has 0 spiro atoms. The molecule has 0 saturated heterocycles. The van der Waals surface area contributed by atoms with Gasteiger partial charge in [0.1, 0.15) is 0 Å². The molecular weight excluding hydrogens is 222 g/mol. The van der Waals surface area contributed by atoms with Crippen LogP contribution in [0.1, 0.15) is 25.5 Å². The van der Waals surface area contributed by atoms with E-state index in [0.717, 1.165) is 3.79 Å². The van der Waals surface area contributed by atoms with Crippen molar-refractivity contribution in [2.75, 3.05) is 0 Å². The molecule has 1 nitrogen and oxygen atoms in total. The van der Waals surface area contributed by atoms with E-state index >= 15 is 0 Å². The third-order valence-corrected chi connectivity index (χ3v) is 3.21. The Labute approximate surface area is 79.7 Å². The minimum absolute atomic E-state index is 0.178. The number of halogens is 1. The Bertz CT molecular complexity index is 232. The topological polar surface area (TPSA) is 26.0 Å². The molecule has 2 N–H and O–H groups in total. The molecule has 1 heterocycles. The standard InChI is InChI=1S/C8H12BrNS/c1-5(2)8(10)6-3-7(9)11-4-6/h3-5,8H,10H2,1-2H3/t8-/m0/s1. The summed E-state index contributed by atoms with van der Waals surface area (Å²) in [7, 11) is 0. The molecule has 0 radical (unpaired) electrons. The van der Waals surface area contributed by atoms with Crippen LogP contribution in [0.5, 0.6) is 0 Å². The lowest BCUT2D eigenvalue weighted by molar-refractivity contribution is 0.515. The van der Waals surface area contributed by atoms with Crippen molar-refractivity contribution in [1.82, 2.24) is 0 Å². The average Bonchev–Trinajstić information content (AvgIpc) is 2.34. The summed E-state index contributed by atoms with van der Waals surface area (Å²) in [6.07, 6.45) is 0. The molecule has 0 unspecified atom stereocenters. The maximum absolute atomic E-state index is 5.94. The summed E-state index contributed by atoms with van der Waals surface area (Å²) in [5.41, 5.74) is 7.17. The summed E-state index contributed by atoms with van der Waals surface area (Å²) < 4.78 is 1.16. The Balaban J connectivity index is 2.76. The first kappa shape index (κ1) is 9.23. The van der Waals surface area contributed by atoms with Crippen molar-refractivity contribution in [1.29, 1.82) is 0 Å². The lowest BCUT2D eigenvalue weighted by Crippen LogP contribution is -2.15. The van der Waals surface area contributed by atoms with Gasteiger partial charge < -0.3 is 5.73 Å². The average molecular weight is 234 g/mol. The maximum atomic E-state index is 5.94. The first-order chi connectivity index (χ1) is 5.11. The van der Waals surface area contributed by atoms with E-state index in [9.17, 15) is 0 Å². The minimum atomic E-state index is 0.178. The highest BCUT2D eigenvalue weighted by atomic mass is 79.9. The van der Waals surface area contributed by atoms with E-state index in [0.29, 0.717) is 5.92 Å². The monoisotopic (exact) mass is 233 g/mol. The molecule has 1 atom stereocenters. The smallest absolute Gasteiger partial charge is 0.0701 e. The van der Waals surface area contributed by atoms with Gasteiger partial charge in [0.25, 0.3) is 0 Å². The van der Waals surface area contributed by atoms with E-state index in [1.807, 2.05) is 0 Å². The van der Waals surface area contributed by atoms with Gasteiger partial charge in [-0.05, 0) is 38.9 Å². The van der Waals surface area contributed by atoms with Crippen LogP contribution in [0.2, 0.25) is 0 Å². The zero-order valence-corrected chi connectivity index (χ0v) is 9.08. The lowest BCUT2D eigenvalue weighted by atomic mass is 10.0. The van der Waals surface area contributed by atoms with Gasteiger partial charge in [-0.3, -0.25) is 0 Å². The zero-order chi connectivity index (χ0) is 8.43. The second-order valence-corrected chi connectivity index (χ2v) is 5.24. The molecule has 0 saturated carbocycles. The maximum Gasteiger partial charge on any atom is 0.0701 e. The molecule has 0 aliphatic rings. The quantitative estimate of drug-likeness (QED) is 0.835. The van der Waals surface area contributed by atoms with Gasteiger partial charge in [0.05, 0.1) is 3.79 Å². The van der Waals surface area contributed by atoms with E-state index < -0.39 is 0 Å². The molecule has 1 rings (SSSR count). The van der Waals surface area contributed by atoms with Crippen molar-refractivity contribution in [3.05, 3.63) is 20.8 Å². The van der Waals surface area contributed by atoms with E-state index in [-0.39, 0.29) is 6.04 Å². The summed E-state index contributed by atoms with van der Waals surface area (Å²) >= 11 is 5.10. The zero-order valence-electron chi connectivity index (χ0n) is 6.67. The third kappa shape index (κ3) is 2.29. The van der Waals surface area contributed by atoms with Crippen molar-refractivity contribution < 1.29 is 0 Å². The van der Waals surface area contributed by atoms with Crippen molar-refractivity contribution >= 4 is 27.3 Å². The van der Waals surface area contributed by atoms with E-state index in [4.69, 9.17) is 5.73 Å². The van der Waals surface area contributed by atoms with Crippen LogP contribution in [-0.2, 0) is 0 Å². The number of hydrogen-bond donors (Lipinski definition) is 1. The summed E-state index contributed by atoms with van der Waals surface area (Å²) in [4.78, 5) is 0. The van der Waals surface area contributed by atoms with Gasteiger partial charge >= 0.3 is 0 Å². The van der Waals surface area contributed by atoms with Crippen LogP contribution in [-0.4, -0.2) is 0 Å². The predicted octanol–water partition coefficient (Wildman–Crippen LogP) is 3.17. The Kier molecular flexibility index (Phi) is 3.10.